The molecule has 3 aromatic rings. The van der Waals surface area contributed by atoms with Gasteiger partial charge in [-0.1, -0.05) is 6.07 Å². The second kappa shape index (κ2) is 9.25. The summed E-state index contributed by atoms with van der Waals surface area (Å²) in [5.74, 6) is -2.95. The molecule has 0 aliphatic carbocycles. The Morgan fingerprint density at radius 2 is 1.97 bits per heavy atom. The maximum atomic E-state index is 13.5. The highest BCUT2D eigenvalue weighted by molar-refractivity contribution is 5.94. The number of fused-ring (bicyclic) bond motifs is 1. The topological polar surface area (TPSA) is 89.8 Å². The first-order chi connectivity index (χ1) is 14.3. The third-order valence-electron chi connectivity index (χ3n) is 4.33. The van der Waals surface area contributed by atoms with Gasteiger partial charge in [0.1, 0.15) is 23.9 Å². The number of aryl methyl sites for hydroxylation is 1. The Morgan fingerprint density at radius 1 is 1.17 bits per heavy atom. The minimum Gasteiger partial charge on any atom is -0.459 e. The number of nitrogens with zero attached hydrogens (tertiary/aromatic N) is 2. The summed E-state index contributed by atoms with van der Waals surface area (Å²) in [4.78, 5) is 40.2. The summed E-state index contributed by atoms with van der Waals surface area (Å²) in [6.07, 6.45) is 0.276. The van der Waals surface area contributed by atoms with Crippen LogP contribution in [0.3, 0.4) is 0 Å². The monoisotopic (exact) mass is 415 g/mol. The van der Waals surface area contributed by atoms with E-state index in [9.17, 15) is 23.2 Å². The molecule has 0 unspecified atom stereocenters. The Balaban J connectivity index is 1.46. The van der Waals surface area contributed by atoms with Crippen molar-refractivity contribution in [3.05, 3.63) is 81.4 Å². The highest BCUT2D eigenvalue weighted by Crippen LogP contribution is 2.09. The molecule has 0 aliphatic heterocycles. The molecule has 1 aromatic carbocycles. The van der Waals surface area contributed by atoms with Crippen molar-refractivity contribution < 1.29 is 23.1 Å². The van der Waals surface area contributed by atoms with E-state index in [2.05, 4.69) is 10.3 Å². The molecule has 0 saturated carbocycles. The minimum absolute atomic E-state index is 0.0118. The summed E-state index contributed by atoms with van der Waals surface area (Å²) < 4.78 is 33.0. The van der Waals surface area contributed by atoms with Gasteiger partial charge in [-0.2, -0.15) is 0 Å². The van der Waals surface area contributed by atoms with Crippen molar-refractivity contribution in [3.8, 4) is 0 Å². The van der Waals surface area contributed by atoms with Crippen molar-refractivity contribution in [2.45, 2.75) is 26.4 Å². The van der Waals surface area contributed by atoms with Crippen molar-refractivity contribution >= 4 is 17.5 Å². The summed E-state index contributed by atoms with van der Waals surface area (Å²) in [6, 6.07) is 9.23. The number of carbonyl (C=O) groups is 2. The lowest BCUT2D eigenvalue weighted by atomic mass is 10.2. The van der Waals surface area contributed by atoms with Crippen molar-refractivity contribution in [1.82, 2.24) is 14.7 Å². The number of hydrogen-bond donors (Lipinski definition) is 1. The van der Waals surface area contributed by atoms with Crippen molar-refractivity contribution in [3.63, 3.8) is 0 Å². The molecular weight excluding hydrogens is 396 g/mol. The van der Waals surface area contributed by atoms with Crippen molar-refractivity contribution in [2.75, 3.05) is 6.54 Å². The maximum absolute atomic E-state index is 13.5. The molecule has 2 heterocycles. The van der Waals surface area contributed by atoms with Crippen LogP contribution >= 0.6 is 0 Å². The van der Waals surface area contributed by atoms with Gasteiger partial charge < -0.3 is 10.1 Å². The zero-order chi connectivity index (χ0) is 21.7. The Labute approximate surface area is 170 Å². The van der Waals surface area contributed by atoms with Gasteiger partial charge in [0.15, 0.2) is 0 Å². The number of nitrogens with one attached hydrogen (secondary N) is 1. The summed E-state index contributed by atoms with van der Waals surface area (Å²) in [6.45, 7) is 1.75. The lowest BCUT2D eigenvalue weighted by Crippen LogP contribution is -2.26. The summed E-state index contributed by atoms with van der Waals surface area (Å²) in [5, 5.41) is 2.46. The number of carbonyl (C=O) groups excluding carboxylic acids is 2. The van der Waals surface area contributed by atoms with Crippen LogP contribution in [0, 0.1) is 18.6 Å². The van der Waals surface area contributed by atoms with Gasteiger partial charge in [0, 0.05) is 30.8 Å². The quantitative estimate of drug-likeness (QED) is 0.473. The molecule has 1 amide bonds. The number of rotatable bonds is 7. The van der Waals surface area contributed by atoms with Gasteiger partial charge in [0.2, 0.25) is 0 Å². The predicted molar refractivity (Wildman–Crippen MR) is 104 cm³/mol. The maximum Gasteiger partial charge on any atom is 0.306 e. The zero-order valence-electron chi connectivity index (χ0n) is 16.2. The van der Waals surface area contributed by atoms with Crippen LogP contribution in [0.4, 0.5) is 8.78 Å². The largest absolute Gasteiger partial charge is 0.459 e. The Hall–Kier alpha value is -3.62. The lowest BCUT2D eigenvalue weighted by Gasteiger charge is -2.08. The number of hydrogen-bond acceptors (Lipinski definition) is 5. The molecule has 0 aliphatic rings. The van der Waals surface area contributed by atoms with Crippen LogP contribution in [0.2, 0.25) is 0 Å². The average Bonchev–Trinajstić information content (AvgIpc) is 2.69. The van der Waals surface area contributed by atoms with Gasteiger partial charge in [-0.3, -0.25) is 18.8 Å². The van der Waals surface area contributed by atoms with Crippen LogP contribution in [0.25, 0.3) is 5.65 Å². The standard InChI is InChI=1S/C21H19F2N3O4/c1-13-4-2-5-18-25-15(11-19(27)26(13)18)12-30-20(28)6-3-9-24-21(29)16-8-7-14(22)10-17(16)23/h2,4-5,7-8,10-11H,3,6,9,12H2,1H3,(H,24,29). The van der Waals surface area contributed by atoms with E-state index in [-0.39, 0.29) is 37.1 Å². The number of halogens is 2. The third kappa shape index (κ3) is 5.05. The molecule has 0 bridgehead atoms. The van der Waals surface area contributed by atoms with E-state index in [4.69, 9.17) is 4.74 Å². The van der Waals surface area contributed by atoms with E-state index in [1.54, 1.807) is 25.1 Å². The van der Waals surface area contributed by atoms with E-state index in [1.807, 2.05) is 0 Å². The second-order valence-corrected chi connectivity index (χ2v) is 6.59. The van der Waals surface area contributed by atoms with E-state index in [0.717, 1.165) is 17.8 Å². The Bertz CT molecular complexity index is 1160. The van der Waals surface area contributed by atoms with Gasteiger partial charge in [0.25, 0.3) is 11.5 Å². The highest BCUT2D eigenvalue weighted by atomic mass is 19.1. The summed E-state index contributed by atoms with van der Waals surface area (Å²) in [5.41, 5.74) is 1.00. The molecular formula is C21H19F2N3O4. The van der Waals surface area contributed by atoms with Crippen LogP contribution in [0.5, 0.6) is 0 Å². The van der Waals surface area contributed by atoms with Crippen LogP contribution in [0.1, 0.15) is 34.6 Å². The molecule has 0 atom stereocenters. The zero-order valence-corrected chi connectivity index (χ0v) is 16.2. The SMILES string of the molecule is Cc1cccc2nc(COC(=O)CCCNC(=O)c3ccc(F)cc3F)cc(=O)n12. The second-order valence-electron chi connectivity index (χ2n) is 6.59. The first-order valence-electron chi connectivity index (χ1n) is 9.22. The molecule has 3 rings (SSSR count). The van der Waals surface area contributed by atoms with Crippen molar-refractivity contribution in [2.24, 2.45) is 0 Å². The lowest BCUT2D eigenvalue weighted by molar-refractivity contribution is -0.145. The number of benzene rings is 1. The van der Waals surface area contributed by atoms with E-state index in [1.165, 1.54) is 10.5 Å². The number of esters is 1. The fraction of sp³-hybridized carbons (Fsp3) is 0.238. The molecule has 1 N–H and O–H groups in total. The first-order valence-corrected chi connectivity index (χ1v) is 9.22. The first kappa shape index (κ1) is 21.1. The van der Waals surface area contributed by atoms with Crippen LogP contribution in [-0.4, -0.2) is 27.8 Å². The van der Waals surface area contributed by atoms with Crippen molar-refractivity contribution in [1.29, 1.82) is 0 Å². The van der Waals surface area contributed by atoms with Gasteiger partial charge >= 0.3 is 5.97 Å². The van der Waals surface area contributed by atoms with Crippen LogP contribution in [0.15, 0.2) is 47.3 Å². The molecule has 7 nitrogen and oxygen atoms in total. The predicted octanol–water partition coefficient (Wildman–Crippen LogP) is 2.53. The Morgan fingerprint density at radius 3 is 2.73 bits per heavy atom. The molecule has 0 saturated heterocycles. The summed E-state index contributed by atoms with van der Waals surface area (Å²) in [7, 11) is 0. The fourth-order valence-corrected chi connectivity index (χ4v) is 2.87. The third-order valence-corrected chi connectivity index (χ3v) is 4.33. The van der Waals surface area contributed by atoms with E-state index < -0.39 is 23.5 Å². The molecule has 0 spiro atoms. The molecule has 0 radical (unpaired) electrons. The van der Waals surface area contributed by atoms with Gasteiger partial charge in [0.05, 0.1) is 11.3 Å². The molecule has 0 fully saturated rings. The normalized spacial score (nSPS) is 10.8. The molecule has 156 valence electrons. The number of aromatic nitrogens is 2. The van der Waals surface area contributed by atoms with Crippen LogP contribution < -0.4 is 10.9 Å². The van der Waals surface area contributed by atoms with Gasteiger partial charge in [-0.15, -0.1) is 0 Å². The smallest absolute Gasteiger partial charge is 0.306 e. The highest BCUT2D eigenvalue weighted by Gasteiger charge is 2.12. The number of amides is 1. The molecule has 9 heteroatoms. The average molecular weight is 415 g/mol. The van der Waals surface area contributed by atoms with Crippen LogP contribution in [-0.2, 0) is 16.1 Å². The van der Waals surface area contributed by atoms with Gasteiger partial charge in [-0.25, -0.2) is 13.8 Å². The minimum atomic E-state index is -0.958. The van der Waals surface area contributed by atoms with E-state index >= 15 is 0 Å². The number of ether oxygens (including phenoxy) is 1. The Kier molecular flexibility index (Phi) is 6.51. The molecule has 2 aromatic heterocycles. The summed E-state index contributed by atoms with van der Waals surface area (Å²) >= 11 is 0. The number of pyridine rings is 1. The fourth-order valence-electron chi connectivity index (χ4n) is 2.87. The molecule has 30 heavy (non-hydrogen) atoms. The van der Waals surface area contributed by atoms with E-state index in [0.29, 0.717) is 17.4 Å². The van der Waals surface area contributed by atoms with Gasteiger partial charge in [-0.05, 0) is 37.6 Å².